The number of nitrogens with zero attached hydrogens (tertiary/aromatic N) is 2. The highest BCUT2D eigenvalue weighted by molar-refractivity contribution is 5.67. The van der Waals surface area contributed by atoms with Gasteiger partial charge < -0.3 is 20.1 Å². The van der Waals surface area contributed by atoms with Crippen LogP contribution in [0.3, 0.4) is 0 Å². The number of aromatic nitrogens is 2. The molecule has 1 unspecified atom stereocenters. The molecule has 6 nitrogen and oxygen atoms in total. The minimum Gasteiger partial charge on any atom is -0.497 e. The first kappa shape index (κ1) is 18.3. The van der Waals surface area contributed by atoms with Gasteiger partial charge in [-0.25, -0.2) is 4.98 Å². The molecule has 3 aromatic rings. The van der Waals surface area contributed by atoms with Crippen LogP contribution < -0.4 is 15.4 Å². The molecular formula is C22H24N4O2. The molecule has 4 rings (SSSR count). The number of anilines is 3. The van der Waals surface area contributed by atoms with Crippen LogP contribution in [0.4, 0.5) is 17.5 Å². The molecule has 0 radical (unpaired) electrons. The van der Waals surface area contributed by atoms with Crippen molar-refractivity contribution in [1.29, 1.82) is 0 Å². The van der Waals surface area contributed by atoms with Crippen molar-refractivity contribution in [3.8, 4) is 17.0 Å². The third-order valence-corrected chi connectivity index (χ3v) is 4.65. The zero-order valence-electron chi connectivity index (χ0n) is 15.9. The van der Waals surface area contributed by atoms with E-state index in [0.29, 0.717) is 12.5 Å². The molecule has 6 heteroatoms. The lowest BCUT2D eigenvalue weighted by molar-refractivity contribution is 0.120. The Hall–Kier alpha value is -3.12. The summed E-state index contributed by atoms with van der Waals surface area (Å²) >= 11 is 0. The van der Waals surface area contributed by atoms with Crippen LogP contribution in [-0.4, -0.2) is 36.3 Å². The van der Waals surface area contributed by atoms with Gasteiger partial charge in [0.05, 0.1) is 18.9 Å². The second-order valence-electron chi connectivity index (χ2n) is 6.70. The van der Waals surface area contributed by atoms with E-state index in [2.05, 4.69) is 15.6 Å². The van der Waals surface area contributed by atoms with E-state index in [0.717, 1.165) is 48.0 Å². The van der Waals surface area contributed by atoms with E-state index in [9.17, 15) is 0 Å². The lowest BCUT2D eigenvalue weighted by Crippen LogP contribution is -2.20. The van der Waals surface area contributed by atoms with Crippen molar-refractivity contribution in [2.24, 2.45) is 0 Å². The van der Waals surface area contributed by atoms with Crippen LogP contribution in [-0.2, 0) is 4.74 Å². The fourth-order valence-corrected chi connectivity index (χ4v) is 3.21. The Balaban J connectivity index is 1.60. The molecule has 2 N–H and O–H groups in total. The van der Waals surface area contributed by atoms with Gasteiger partial charge in [-0.1, -0.05) is 36.4 Å². The van der Waals surface area contributed by atoms with Crippen LogP contribution in [0.2, 0.25) is 0 Å². The van der Waals surface area contributed by atoms with Crippen LogP contribution in [0.5, 0.6) is 5.75 Å². The number of hydrogen-bond donors (Lipinski definition) is 2. The summed E-state index contributed by atoms with van der Waals surface area (Å²) in [5, 5.41) is 6.69. The van der Waals surface area contributed by atoms with Gasteiger partial charge in [0.2, 0.25) is 5.95 Å². The molecule has 1 aliphatic rings. The molecule has 144 valence electrons. The van der Waals surface area contributed by atoms with Gasteiger partial charge in [0.15, 0.2) is 0 Å². The number of nitrogens with one attached hydrogen (secondary N) is 2. The maximum atomic E-state index is 5.69. The van der Waals surface area contributed by atoms with Crippen molar-refractivity contribution < 1.29 is 9.47 Å². The molecule has 1 aromatic heterocycles. The van der Waals surface area contributed by atoms with Crippen molar-refractivity contribution in [2.75, 3.05) is 30.9 Å². The predicted molar refractivity (Wildman–Crippen MR) is 111 cm³/mol. The Morgan fingerprint density at radius 2 is 1.96 bits per heavy atom. The Labute approximate surface area is 164 Å². The van der Waals surface area contributed by atoms with E-state index < -0.39 is 0 Å². The lowest BCUT2D eigenvalue weighted by atomic mass is 10.1. The van der Waals surface area contributed by atoms with E-state index >= 15 is 0 Å². The van der Waals surface area contributed by atoms with Crippen LogP contribution in [0.25, 0.3) is 11.3 Å². The molecule has 0 amide bonds. The third kappa shape index (κ3) is 4.58. The maximum Gasteiger partial charge on any atom is 0.225 e. The van der Waals surface area contributed by atoms with Gasteiger partial charge in [0.1, 0.15) is 11.6 Å². The highest BCUT2D eigenvalue weighted by Gasteiger charge is 2.16. The molecule has 1 aliphatic heterocycles. The Morgan fingerprint density at radius 1 is 1.07 bits per heavy atom. The fraction of sp³-hybridized carbons (Fsp3) is 0.273. The van der Waals surface area contributed by atoms with Gasteiger partial charge in [-0.15, -0.1) is 0 Å². The molecule has 2 heterocycles. The zero-order valence-corrected chi connectivity index (χ0v) is 15.9. The zero-order chi connectivity index (χ0) is 19.2. The molecule has 1 fully saturated rings. The van der Waals surface area contributed by atoms with Gasteiger partial charge in [0, 0.05) is 36.5 Å². The smallest absolute Gasteiger partial charge is 0.225 e. The number of ether oxygens (including phenoxy) is 2. The lowest BCUT2D eigenvalue weighted by Gasteiger charge is -2.14. The van der Waals surface area contributed by atoms with Gasteiger partial charge in [-0.05, 0) is 25.0 Å². The number of rotatable bonds is 7. The summed E-state index contributed by atoms with van der Waals surface area (Å²) in [7, 11) is 1.66. The van der Waals surface area contributed by atoms with Gasteiger partial charge in [-0.3, -0.25) is 0 Å². The highest BCUT2D eigenvalue weighted by Crippen LogP contribution is 2.25. The van der Waals surface area contributed by atoms with E-state index in [1.807, 2.05) is 60.7 Å². The molecule has 0 bridgehead atoms. The molecule has 2 aromatic carbocycles. The summed E-state index contributed by atoms with van der Waals surface area (Å²) in [5.41, 5.74) is 2.80. The minimum absolute atomic E-state index is 0.221. The van der Waals surface area contributed by atoms with Gasteiger partial charge >= 0.3 is 0 Å². The average Bonchev–Trinajstić information content (AvgIpc) is 3.27. The van der Waals surface area contributed by atoms with Crippen LogP contribution in [0.15, 0.2) is 60.7 Å². The summed E-state index contributed by atoms with van der Waals surface area (Å²) in [6.07, 6.45) is 2.40. The topological polar surface area (TPSA) is 68.3 Å². The Morgan fingerprint density at radius 3 is 2.75 bits per heavy atom. The van der Waals surface area contributed by atoms with E-state index in [1.165, 1.54) is 0 Å². The fourth-order valence-electron chi connectivity index (χ4n) is 3.21. The quantitative estimate of drug-likeness (QED) is 0.633. The summed E-state index contributed by atoms with van der Waals surface area (Å²) < 4.78 is 11.0. The molecule has 28 heavy (non-hydrogen) atoms. The van der Waals surface area contributed by atoms with Crippen molar-refractivity contribution in [2.45, 2.75) is 18.9 Å². The molecule has 0 saturated carbocycles. The molecule has 0 aliphatic carbocycles. The predicted octanol–water partition coefficient (Wildman–Crippen LogP) is 4.49. The summed E-state index contributed by atoms with van der Waals surface area (Å²) in [6.45, 7) is 1.54. The number of benzene rings is 2. The van der Waals surface area contributed by atoms with E-state index in [4.69, 9.17) is 14.5 Å². The van der Waals surface area contributed by atoms with E-state index in [1.54, 1.807) is 7.11 Å². The first-order chi connectivity index (χ1) is 13.8. The van der Waals surface area contributed by atoms with Crippen molar-refractivity contribution in [1.82, 2.24) is 9.97 Å². The molecule has 1 atom stereocenters. The SMILES string of the molecule is COc1cccc(Nc2cc(-c3ccccc3)nc(NCC3CCCO3)n2)c1. The highest BCUT2D eigenvalue weighted by atomic mass is 16.5. The standard InChI is InChI=1S/C22H24N4O2/c1-27-18-10-5-9-17(13-18)24-21-14-20(16-7-3-2-4-8-16)25-22(26-21)23-15-19-11-6-12-28-19/h2-5,7-10,13-14,19H,6,11-12,15H2,1H3,(H2,23,24,25,26). The Bertz CT molecular complexity index is 911. The molecule has 1 saturated heterocycles. The summed E-state index contributed by atoms with van der Waals surface area (Å²) in [6, 6.07) is 19.8. The molecular weight excluding hydrogens is 352 g/mol. The number of methoxy groups -OCH3 is 1. The maximum absolute atomic E-state index is 5.69. The van der Waals surface area contributed by atoms with Crippen LogP contribution >= 0.6 is 0 Å². The Kier molecular flexibility index (Phi) is 5.68. The van der Waals surface area contributed by atoms with Crippen molar-refractivity contribution in [3.63, 3.8) is 0 Å². The van der Waals surface area contributed by atoms with Crippen LogP contribution in [0, 0.1) is 0 Å². The van der Waals surface area contributed by atoms with Crippen molar-refractivity contribution in [3.05, 3.63) is 60.7 Å². The normalized spacial score (nSPS) is 16.0. The second-order valence-corrected chi connectivity index (χ2v) is 6.70. The van der Waals surface area contributed by atoms with Gasteiger partial charge in [-0.2, -0.15) is 4.98 Å². The average molecular weight is 376 g/mol. The monoisotopic (exact) mass is 376 g/mol. The minimum atomic E-state index is 0.221. The first-order valence-electron chi connectivity index (χ1n) is 9.51. The largest absolute Gasteiger partial charge is 0.497 e. The van der Waals surface area contributed by atoms with Gasteiger partial charge in [0.25, 0.3) is 0 Å². The number of hydrogen-bond acceptors (Lipinski definition) is 6. The summed E-state index contributed by atoms with van der Waals surface area (Å²) in [5.74, 6) is 2.10. The van der Waals surface area contributed by atoms with Crippen molar-refractivity contribution >= 4 is 17.5 Å². The summed E-state index contributed by atoms with van der Waals surface area (Å²) in [4.78, 5) is 9.34. The molecule has 0 spiro atoms. The van der Waals surface area contributed by atoms with E-state index in [-0.39, 0.29) is 6.10 Å². The first-order valence-corrected chi connectivity index (χ1v) is 9.51. The third-order valence-electron chi connectivity index (χ3n) is 4.65. The van der Waals surface area contributed by atoms with Crippen LogP contribution in [0.1, 0.15) is 12.8 Å². The second kappa shape index (κ2) is 8.71.